The Kier molecular flexibility index (Phi) is 9.06. The number of hydrogen-bond acceptors (Lipinski definition) is 4. The van der Waals surface area contributed by atoms with Crippen LogP contribution in [0.25, 0.3) is 0 Å². The van der Waals surface area contributed by atoms with Crippen molar-refractivity contribution in [3.05, 3.63) is 18.2 Å². The van der Waals surface area contributed by atoms with E-state index in [1.54, 1.807) is 26.4 Å². The van der Waals surface area contributed by atoms with E-state index in [0.717, 1.165) is 5.69 Å². The highest BCUT2D eigenvalue weighted by Gasteiger charge is 2.05. The summed E-state index contributed by atoms with van der Waals surface area (Å²) in [7, 11) is 3.15. The number of nitrogens with one attached hydrogen (secondary N) is 1. The number of halogens is 1. The zero-order valence-corrected chi connectivity index (χ0v) is 14.3. The van der Waals surface area contributed by atoms with Gasteiger partial charge in [-0.1, -0.05) is 6.92 Å². The van der Waals surface area contributed by atoms with Crippen LogP contribution in [0.2, 0.25) is 0 Å². The van der Waals surface area contributed by atoms with Gasteiger partial charge in [0.15, 0.2) is 17.5 Å². The van der Waals surface area contributed by atoms with Gasteiger partial charge in [0.2, 0.25) is 0 Å². The molecule has 0 aliphatic heterocycles. The van der Waals surface area contributed by atoms with Gasteiger partial charge in [0.25, 0.3) is 0 Å². The number of aliphatic imine (C=N–C) groups is 1. The standard InChI is InChI=1S/C13H21N3O3.HI/c1-9(8-17)7-15-13(14)16-10-4-5-11(18-2)12(6-10)19-3;/h4-6,9,17H,7-8H2,1-3H3,(H3,14,15,16);1H. The van der Waals surface area contributed by atoms with Crippen molar-refractivity contribution >= 4 is 35.6 Å². The van der Waals surface area contributed by atoms with Gasteiger partial charge in [0.1, 0.15) is 0 Å². The van der Waals surface area contributed by atoms with E-state index in [0.29, 0.717) is 24.0 Å². The zero-order chi connectivity index (χ0) is 14.3. The first kappa shape index (κ1) is 18.8. The number of benzene rings is 1. The lowest BCUT2D eigenvalue weighted by molar-refractivity contribution is 0.242. The summed E-state index contributed by atoms with van der Waals surface area (Å²) >= 11 is 0. The number of rotatable bonds is 6. The summed E-state index contributed by atoms with van der Waals surface area (Å²) in [5.74, 6) is 1.65. The van der Waals surface area contributed by atoms with Gasteiger partial charge in [0.05, 0.1) is 14.2 Å². The number of guanidine groups is 1. The molecule has 4 N–H and O–H groups in total. The minimum absolute atomic E-state index is 0. The van der Waals surface area contributed by atoms with E-state index in [9.17, 15) is 0 Å². The molecule has 1 aromatic carbocycles. The number of ether oxygens (including phenoxy) is 2. The van der Waals surface area contributed by atoms with Crippen LogP contribution in [0.3, 0.4) is 0 Å². The maximum atomic E-state index is 8.90. The van der Waals surface area contributed by atoms with Crippen LogP contribution in [0.1, 0.15) is 6.92 Å². The molecule has 7 heteroatoms. The normalized spacial score (nSPS) is 12.3. The smallest absolute Gasteiger partial charge is 0.193 e. The maximum Gasteiger partial charge on any atom is 0.193 e. The first-order valence-corrected chi connectivity index (χ1v) is 6.00. The number of methoxy groups -OCH3 is 2. The molecule has 0 saturated carbocycles. The Bertz CT molecular complexity index is 441. The second kappa shape index (κ2) is 9.65. The van der Waals surface area contributed by atoms with Crippen molar-refractivity contribution in [1.29, 1.82) is 0 Å². The molecule has 0 aliphatic rings. The number of aliphatic hydroxyl groups excluding tert-OH is 1. The third-order valence-corrected chi connectivity index (χ3v) is 2.54. The molecule has 1 unspecified atom stereocenters. The van der Waals surface area contributed by atoms with Crippen LogP contribution in [-0.2, 0) is 0 Å². The lowest BCUT2D eigenvalue weighted by atomic mass is 10.2. The van der Waals surface area contributed by atoms with Gasteiger partial charge in [-0.2, -0.15) is 0 Å². The summed E-state index contributed by atoms with van der Waals surface area (Å²) in [5.41, 5.74) is 6.52. The molecule has 0 amide bonds. The summed E-state index contributed by atoms with van der Waals surface area (Å²) in [6.45, 7) is 2.46. The van der Waals surface area contributed by atoms with Gasteiger partial charge in [-0.25, -0.2) is 0 Å². The van der Waals surface area contributed by atoms with Crippen molar-refractivity contribution in [3.8, 4) is 11.5 Å². The molecule has 6 nitrogen and oxygen atoms in total. The van der Waals surface area contributed by atoms with Crippen molar-refractivity contribution in [2.45, 2.75) is 6.92 Å². The molecule has 0 heterocycles. The predicted octanol–water partition coefficient (Wildman–Crippen LogP) is 1.68. The second-order valence-corrected chi connectivity index (χ2v) is 4.21. The van der Waals surface area contributed by atoms with Crippen molar-refractivity contribution in [2.24, 2.45) is 16.6 Å². The molecule has 0 radical (unpaired) electrons. The highest BCUT2D eigenvalue weighted by Crippen LogP contribution is 2.29. The summed E-state index contributed by atoms with van der Waals surface area (Å²) in [6, 6.07) is 5.38. The van der Waals surface area contributed by atoms with Gasteiger partial charge >= 0.3 is 0 Å². The van der Waals surface area contributed by atoms with E-state index in [-0.39, 0.29) is 36.5 Å². The van der Waals surface area contributed by atoms with Gasteiger partial charge in [-0.3, -0.25) is 4.99 Å². The van der Waals surface area contributed by atoms with E-state index in [2.05, 4.69) is 10.3 Å². The van der Waals surface area contributed by atoms with Crippen LogP contribution >= 0.6 is 24.0 Å². The van der Waals surface area contributed by atoms with Gasteiger partial charge in [-0.15, -0.1) is 24.0 Å². The number of nitrogens with zero attached hydrogens (tertiary/aromatic N) is 1. The fourth-order valence-electron chi connectivity index (χ4n) is 1.41. The highest BCUT2D eigenvalue weighted by atomic mass is 127. The van der Waals surface area contributed by atoms with Crippen LogP contribution in [0.4, 0.5) is 5.69 Å². The second-order valence-electron chi connectivity index (χ2n) is 4.21. The Hall–Kier alpha value is -1.22. The van der Waals surface area contributed by atoms with Crippen molar-refractivity contribution < 1.29 is 14.6 Å². The zero-order valence-electron chi connectivity index (χ0n) is 11.9. The number of nitrogens with two attached hydrogens (primary N) is 1. The molecule has 20 heavy (non-hydrogen) atoms. The molecule has 1 aromatic rings. The average molecular weight is 395 g/mol. The van der Waals surface area contributed by atoms with Crippen LogP contribution in [-0.4, -0.2) is 38.4 Å². The van der Waals surface area contributed by atoms with Crippen LogP contribution in [0.15, 0.2) is 23.2 Å². The molecule has 0 saturated heterocycles. The number of aliphatic hydroxyl groups is 1. The molecule has 0 fully saturated rings. The number of hydrogen-bond donors (Lipinski definition) is 3. The molecule has 114 valence electrons. The molecule has 0 aromatic heterocycles. The van der Waals surface area contributed by atoms with E-state index in [1.807, 2.05) is 13.0 Å². The lowest BCUT2D eigenvalue weighted by Gasteiger charge is -2.11. The van der Waals surface area contributed by atoms with Crippen molar-refractivity contribution in [2.75, 3.05) is 32.7 Å². The molecular formula is C13H22IN3O3. The SMILES string of the molecule is COc1ccc(NC(N)=NCC(C)CO)cc1OC.I. The Balaban J connectivity index is 0.00000361. The molecule has 0 spiro atoms. The first-order valence-electron chi connectivity index (χ1n) is 6.00. The third-order valence-electron chi connectivity index (χ3n) is 2.54. The van der Waals surface area contributed by atoms with Crippen LogP contribution in [0, 0.1) is 5.92 Å². The van der Waals surface area contributed by atoms with Crippen molar-refractivity contribution in [3.63, 3.8) is 0 Å². The third kappa shape index (κ3) is 5.83. The summed E-state index contributed by atoms with van der Waals surface area (Å²) in [4.78, 5) is 4.14. The largest absolute Gasteiger partial charge is 0.493 e. The van der Waals surface area contributed by atoms with Gasteiger partial charge in [0, 0.05) is 24.9 Å². The van der Waals surface area contributed by atoms with E-state index >= 15 is 0 Å². The van der Waals surface area contributed by atoms with Crippen LogP contribution in [0.5, 0.6) is 11.5 Å². The molecule has 1 rings (SSSR count). The van der Waals surface area contributed by atoms with E-state index in [1.165, 1.54) is 0 Å². The molecule has 0 bridgehead atoms. The molecular weight excluding hydrogens is 373 g/mol. The Labute approximate surface area is 136 Å². The lowest BCUT2D eigenvalue weighted by Crippen LogP contribution is -2.24. The average Bonchev–Trinajstić information content (AvgIpc) is 2.44. The maximum absolute atomic E-state index is 8.90. The topological polar surface area (TPSA) is 89.1 Å². The predicted molar refractivity (Wildman–Crippen MR) is 91.3 cm³/mol. The van der Waals surface area contributed by atoms with E-state index < -0.39 is 0 Å². The Morgan fingerprint density at radius 2 is 2.00 bits per heavy atom. The van der Waals surface area contributed by atoms with Crippen LogP contribution < -0.4 is 20.5 Å². The summed E-state index contributed by atoms with van der Waals surface area (Å²) in [6.07, 6.45) is 0. The number of anilines is 1. The Morgan fingerprint density at radius 3 is 2.55 bits per heavy atom. The molecule has 0 aliphatic carbocycles. The van der Waals surface area contributed by atoms with Gasteiger partial charge < -0.3 is 25.6 Å². The quantitative estimate of drug-likeness (QED) is 0.388. The van der Waals surface area contributed by atoms with Gasteiger partial charge in [-0.05, 0) is 18.1 Å². The first-order chi connectivity index (χ1) is 9.10. The fraction of sp³-hybridized carbons (Fsp3) is 0.462. The minimum atomic E-state index is 0. The minimum Gasteiger partial charge on any atom is -0.493 e. The monoisotopic (exact) mass is 395 g/mol. The molecule has 1 atom stereocenters. The van der Waals surface area contributed by atoms with Crippen molar-refractivity contribution in [1.82, 2.24) is 0 Å². The highest BCUT2D eigenvalue weighted by molar-refractivity contribution is 14.0. The Morgan fingerprint density at radius 1 is 1.35 bits per heavy atom. The fourth-order valence-corrected chi connectivity index (χ4v) is 1.41. The summed E-state index contributed by atoms with van der Waals surface area (Å²) < 4.78 is 10.3. The summed E-state index contributed by atoms with van der Waals surface area (Å²) in [5, 5.41) is 11.9. The van der Waals surface area contributed by atoms with E-state index in [4.69, 9.17) is 20.3 Å².